The number of ether oxygens (including phenoxy) is 2. The van der Waals surface area contributed by atoms with Gasteiger partial charge in [0.1, 0.15) is 5.82 Å². The van der Waals surface area contributed by atoms with Gasteiger partial charge in [-0.3, -0.25) is 5.43 Å². The van der Waals surface area contributed by atoms with Crippen molar-refractivity contribution in [1.29, 1.82) is 0 Å². The van der Waals surface area contributed by atoms with Gasteiger partial charge in [-0.25, -0.2) is 10.8 Å². The number of nitrogens with two attached hydrogens (primary N) is 1. The number of methoxy groups -OCH3 is 2. The first kappa shape index (κ1) is 13.6. The molecule has 4 N–H and O–H groups in total. The van der Waals surface area contributed by atoms with Crippen LogP contribution in [0.4, 0.5) is 11.8 Å². The monoisotopic (exact) mass is 241 g/mol. The van der Waals surface area contributed by atoms with Gasteiger partial charge in [0.15, 0.2) is 0 Å². The highest BCUT2D eigenvalue weighted by Crippen LogP contribution is 2.11. The van der Waals surface area contributed by atoms with E-state index in [1.165, 1.54) is 0 Å². The molecule has 0 amide bonds. The maximum atomic E-state index is 5.25. The van der Waals surface area contributed by atoms with Gasteiger partial charge in [-0.05, 0) is 6.92 Å². The van der Waals surface area contributed by atoms with E-state index in [2.05, 4.69) is 20.7 Å². The molecular weight excluding hydrogens is 222 g/mol. The van der Waals surface area contributed by atoms with Crippen molar-refractivity contribution in [3.8, 4) is 0 Å². The Morgan fingerprint density at radius 1 is 1.47 bits per heavy atom. The van der Waals surface area contributed by atoms with Crippen molar-refractivity contribution in [3.63, 3.8) is 0 Å². The molecule has 0 saturated carbocycles. The van der Waals surface area contributed by atoms with Crippen LogP contribution in [0.25, 0.3) is 0 Å². The van der Waals surface area contributed by atoms with E-state index in [-0.39, 0.29) is 6.10 Å². The molecule has 1 rings (SSSR count). The summed E-state index contributed by atoms with van der Waals surface area (Å²) in [5, 5.41) is 3.17. The molecule has 0 bridgehead atoms. The smallest absolute Gasteiger partial charge is 0.239 e. The molecule has 96 valence electrons. The zero-order chi connectivity index (χ0) is 12.7. The fraction of sp³-hybridized carbons (Fsp3) is 0.600. The molecule has 1 aromatic rings. The van der Waals surface area contributed by atoms with Gasteiger partial charge in [-0.15, -0.1) is 0 Å². The summed E-state index contributed by atoms with van der Waals surface area (Å²) in [6, 6.07) is 0. The van der Waals surface area contributed by atoms with E-state index >= 15 is 0 Å². The first-order valence-corrected chi connectivity index (χ1v) is 5.27. The van der Waals surface area contributed by atoms with Crippen molar-refractivity contribution in [1.82, 2.24) is 9.97 Å². The molecule has 0 aromatic carbocycles. The minimum atomic E-state index is -0.0244. The fourth-order valence-corrected chi connectivity index (χ4v) is 1.30. The minimum Gasteiger partial charge on any atom is -0.382 e. The minimum absolute atomic E-state index is 0.0244. The summed E-state index contributed by atoms with van der Waals surface area (Å²) in [6.07, 6.45) is 1.67. The predicted molar refractivity (Wildman–Crippen MR) is 65.7 cm³/mol. The van der Waals surface area contributed by atoms with Crippen LogP contribution in [-0.4, -0.2) is 43.4 Å². The quantitative estimate of drug-likeness (QED) is 0.462. The third-order valence-corrected chi connectivity index (χ3v) is 2.28. The van der Waals surface area contributed by atoms with Gasteiger partial charge in [0.25, 0.3) is 0 Å². The van der Waals surface area contributed by atoms with Gasteiger partial charge in [-0.2, -0.15) is 4.98 Å². The molecule has 17 heavy (non-hydrogen) atoms. The number of nitrogens with zero attached hydrogens (tertiary/aromatic N) is 2. The van der Waals surface area contributed by atoms with E-state index in [9.17, 15) is 0 Å². The molecular formula is C10H19N5O2. The van der Waals surface area contributed by atoms with E-state index in [0.717, 1.165) is 11.4 Å². The summed E-state index contributed by atoms with van der Waals surface area (Å²) < 4.78 is 10.3. The average Bonchev–Trinajstić information content (AvgIpc) is 2.36. The standard InChI is InChI=1S/C10H19N5O2/c1-7-4-13-10(15-11)14-9(7)12-5-8(17-3)6-16-2/h4,8H,5-6,11H2,1-3H3,(H2,12,13,14,15). The number of rotatable bonds is 7. The topological polar surface area (TPSA) is 94.3 Å². The zero-order valence-corrected chi connectivity index (χ0v) is 10.4. The number of hydrogen-bond acceptors (Lipinski definition) is 7. The Kier molecular flexibility index (Phi) is 5.61. The van der Waals surface area contributed by atoms with Crippen LogP contribution in [0.1, 0.15) is 5.56 Å². The molecule has 1 aromatic heterocycles. The Hall–Kier alpha value is -1.44. The molecule has 7 nitrogen and oxygen atoms in total. The first-order valence-electron chi connectivity index (χ1n) is 5.27. The van der Waals surface area contributed by atoms with Crippen molar-refractivity contribution >= 4 is 11.8 Å². The van der Waals surface area contributed by atoms with E-state index < -0.39 is 0 Å². The highest BCUT2D eigenvalue weighted by atomic mass is 16.5. The molecule has 0 spiro atoms. The molecule has 0 aliphatic heterocycles. The van der Waals surface area contributed by atoms with Crippen LogP contribution in [0, 0.1) is 6.92 Å². The Morgan fingerprint density at radius 3 is 2.82 bits per heavy atom. The molecule has 0 fully saturated rings. The number of aryl methyl sites for hydroxylation is 1. The predicted octanol–water partition coefficient (Wildman–Crippen LogP) is 0.144. The summed E-state index contributed by atoms with van der Waals surface area (Å²) in [7, 11) is 3.28. The third kappa shape index (κ3) is 4.14. The van der Waals surface area contributed by atoms with Crippen LogP contribution in [0.3, 0.4) is 0 Å². The van der Waals surface area contributed by atoms with Crippen LogP contribution in [0.5, 0.6) is 0 Å². The summed E-state index contributed by atoms with van der Waals surface area (Å²) in [5.41, 5.74) is 3.34. The summed E-state index contributed by atoms with van der Waals surface area (Å²) >= 11 is 0. The third-order valence-electron chi connectivity index (χ3n) is 2.28. The number of aromatic nitrogens is 2. The highest BCUT2D eigenvalue weighted by Gasteiger charge is 2.08. The van der Waals surface area contributed by atoms with E-state index in [4.69, 9.17) is 15.3 Å². The summed E-state index contributed by atoms with van der Waals surface area (Å²) in [4.78, 5) is 8.20. The van der Waals surface area contributed by atoms with Gasteiger partial charge in [0, 0.05) is 32.5 Å². The Morgan fingerprint density at radius 2 is 2.24 bits per heavy atom. The number of nitrogen functional groups attached to an aromatic ring is 1. The van der Waals surface area contributed by atoms with E-state index in [1.54, 1.807) is 20.4 Å². The summed E-state index contributed by atoms with van der Waals surface area (Å²) in [5.74, 6) is 6.35. The van der Waals surface area contributed by atoms with E-state index in [0.29, 0.717) is 19.1 Å². The van der Waals surface area contributed by atoms with Crippen LogP contribution in [0.15, 0.2) is 6.20 Å². The van der Waals surface area contributed by atoms with Crippen LogP contribution >= 0.6 is 0 Å². The van der Waals surface area contributed by atoms with Gasteiger partial charge < -0.3 is 14.8 Å². The molecule has 0 aliphatic rings. The van der Waals surface area contributed by atoms with E-state index in [1.807, 2.05) is 6.92 Å². The molecule has 1 heterocycles. The second-order valence-corrected chi connectivity index (χ2v) is 3.56. The molecule has 7 heteroatoms. The largest absolute Gasteiger partial charge is 0.382 e. The molecule has 0 radical (unpaired) electrons. The second kappa shape index (κ2) is 7.00. The Balaban J connectivity index is 2.60. The normalized spacial score (nSPS) is 12.2. The highest BCUT2D eigenvalue weighted by molar-refractivity contribution is 5.46. The van der Waals surface area contributed by atoms with Crippen molar-refractivity contribution < 1.29 is 9.47 Å². The number of hydrogen-bond donors (Lipinski definition) is 3. The van der Waals surface area contributed by atoms with Gasteiger partial charge in [-0.1, -0.05) is 0 Å². The second-order valence-electron chi connectivity index (χ2n) is 3.56. The van der Waals surface area contributed by atoms with Crippen LogP contribution in [-0.2, 0) is 9.47 Å². The average molecular weight is 241 g/mol. The lowest BCUT2D eigenvalue weighted by Crippen LogP contribution is -2.27. The van der Waals surface area contributed by atoms with Crippen molar-refractivity contribution in [3.05, 3.63) is 11.8 Å². The van der Waals surface area contributed by atoms with Crippen molar-refractivity contribution in [2.45, 2.75) is 13.0 Å². The molecule has 1 unspecified atom stereocenters. The maximum absolute atomic E-state index is 5.25. The lowest BCUT2D eigenvalue weighted by atomic mass is 10.3. The first-order chi connectivity index (χ1) is 8.21. The number of anilines is 2. The summed E-state index contributed by atoms with van der Waals surface area (Å²) in [6.45, 7) is 3.04. The number of hydrazine groups is 1. The fourth-order valence-electron chi connectivity index (χ4n) is 1.30. The van der Waals surface area contributed by atoms with Gasteiger partial charge in [0.2, 0.25) is 5.95 Å². The maximum Gasteiger partial charge on any atom is 0.239 e. The van der Waals surface area contributed by atoms with Crippen molar-refractivity contribution in [2.24, 2.45) is 5.84 Å². The zero-order valence-electron chi connectivity index (χ0n) is 10.4. The van der Waals surface area contributed by atoms with Gasteiger partial charge in [0.05, 0.1) is 12.7 Å². The van der Waals surface area contributed by atoms with Gasteiger partial charge >= 0.3 is 0 Å². The SMILES string of the molecule is COCC(CNc1nc(NN)ncc1C)OC. The molecule has 1 atom stereocenters. The van der Waals surface area contributed by atoms with Crippen LogP contribution in [0.2, 0.25) is 0 Å². The lowest BCUT2D eigenvalue weighted by Gasteiger charge is -2.16. The Labute approximate surface area is 101 Å². The van der Waals surface area contributed by atoms with Crippen LogP contribution < -0.4 is 16.6 Å². The van der Waals surface area contributed by atoms with Crippen molar-refractivity contribution in [2.75, 3.05) is 38.1 Å². The molecule has 0 aliphatic carbocycles. The molecule has 0 saturated heterocycles. The Bertz CT molecular complexity index is 347. The lowest BCUT2D eigenvalue weighted by molar-refractivity contribution is 0.0365. The number of nitrogens with one attached hydrogen (secondary N) is 2.